The van der Waals surface area contributed by atoms with Crippen molar-refractivity contribution in [2.45, 2.75) is 32.7 Å². The van der Waals surface area contributed by atoms with Gasteiger partial charge in [0.2, 0.25) is 0 Å². The minimum absolute atomic E-state index is 0.577. The number of hydrogen-bond donors (Lipinski definition) is 1. The fraction of sp³-hybridized carbons (Fsp3) is 1.00. The first-order chi connectivity index (χ1) is 5.86. The van der Waals surface area contributed by atoms with Gasteiger partial charge in [-0.2, -0.15) is 5.48 Å². The Hall–Kier alpha value is -0.120. The summed E-state index contributed by atoms with van der Waals surface area (Å²) in [5, 5.41) is 0. The molecule has 0 saturated carbocycles. The summed E-state index contributed by atoms with van der Waals surface area (Å²) in [5.74, 6) is 0. The molecule has 0 aromatic rings. The fourth-order valence-electron chi connectivity index (χ4n) is 1.57. The van der Waals surface area contributed by atoms with Crippen LogP contribution >= 0.6 is 0 Å². The van der Waals surface area contributed by atoms with Crippen molar-refractivity contribution in [2.75, 3.05) is 26.2 Å². The van der Waals surface area contributed by atoms with Gasteiger partial charge in [0.05, 0.1) is 6.61 Å². The summed E-state index contributed by atoms with van der Waals surface area (Å²) < 4.78 is 0. The molecule has 1 fully saturated rings. The van der Waals surface area contributed by atoms with Gasteiger partial charge >= 0.3 is 0 Å². The fourth-order valence-corrected chi connectivity index (χ4v) is 1.57. The molecule has 0 aromatic carbocycles. The third-order valence-corrected chi connectivity index (χ3v) is 2.43. The third kappa shape index (κ3) is 3.09. The van der Waals surface area contributed by atoms with Crippen LogP contribution in [0.3, 0.4) is 0 Å². The Morgan fingerprint density at radius 1 is 1.33 bits per heavy atom. The molecule has 72 valence electrons. The molecule has 0 aliphatic carbocycles. The van der Waals surface area contributed by atoms with E-state index in [1.165, 1.54) is 32.5 Å². The van der Waals surface area contributed by atoms with E-state index in [1.807, 2.05) is 6.92 Å². The molecule has 3 nitrogen and oxygen atoms in total. The maximum atomic E-state index is 5.17. The highest BCUT2D eigenvalue weighted by atomic mass is 16.6. The van der Waals surface area contributed by atoms with Gasteiger partial charge in [0.15, 0.2) is 0 Å². The van der Waals surface area contributed by atoms with Gasteiger partial charge in [0.25, 0.3) is 0 Å². The first-order valence-electron chi connectivity index (χ1n) is 4.96. The molecule has 3 heteroatoms. The Labute approximate surface area is 75.0 Å². The first kappa shape index (κ1) is 9.96. The van der Waals surface area contributed by atoms with Crippen LogP contribution in [0, 0.1) is 0 Å². The average molecular weight is 172 g/mol. The van der Waals surface area contributed by atoms with Gasteiger partial charge in [-0.15, -0.1) is 0 Å². The van der Waals surface area contributed by atoms with Crippen LogP contribution in [0.2, 0.25) is 0 Å². The average Bonchev–Trinajstić information content (AvgIpc) is 2.15. The molecule has 0 radical (unpaired) electrons. The zero-order valence-electron chi connectivity index (χ0n) is 8.18. The van der Waals surface area contributed by atoms with E-state index < -0.39 is 0 Å². The van der Waals surface area contributed by atoms with Crippen molar-refractivity contribution in [3.05, 3.63) is 0 Å². The summed E-state index contributed by atoms with van der Waals surface area (Å²) in [6.07, 6.45) is 2.43. The normalized spacial score (nSPS) is 21.5. The van der Waals surface area contributed by atoms with Crippen LogP contribution in [0.1, 0.15) is 26.7 Å². The molecule has 1 heterocycles. The lowest BCUT2D eigenvalue weighted by Gasteiger charge is -2.30. The summed E-state index contributed by atoms with van der Waals surface area (Å²) in [5.41, 5.74) is 3.09. The number of nitrogens with zero attached hydrogens (tertiary/aromatic N) is 1. The van der Waals surface area contributed by atoms with Crippen molar-refractivity contribution < 1.29 is 4.84 Å². The Morgan fingerprint density at radius 3 is 2.50 bits per heavy atom. The van der Waals surface area contributed by atoms with Gasteiger partial charge in [-0.05, 0) is 39.4 Å². The Morgan fingerprint density at radius 2 is 2.00 bits per heavy atom. The van der Waals surface area contributed by atoms with Crippen molar-refractivity contribution >= 4 is 0 Å². The summed E-state index contributed by atoms with van der Waals surface area (Å²) in [7, 11) is 0. The Bertz CT molecular complexity index is 111. The molecule has 1 N–H and O–H groups in total. The standard InChI is InChI=1S/C9H20N2O/c1-3-11-7-5-9(6-8-11)10-12-4-2/h9-10H,3-8H2,1-2H3. The number of likely N-dealkylation sites (tertiary alicyclic amines) is 1. The van der Waals surface area contributed by atoms with E-state index in [2.05, 4.69) is 17.3 Å². The molecule has 0 bridgehead atoms. The van der Waals surface area contributed by atoms with Crippen LogP contribution in [-0.2, 0) is 4.84 Å². The molecule has 1 saturated heterocycles. The van der Waals surface area contributed by atoms with E-state index in [-0.39, 0.29) is 0 Å². The van der Waals surface area contributed by atoms with E-state index in [0.717, 1.165) is 6.61 Å². The molecule has 0 spiro atoms. The molecule has 1 aliphatic heterocycles. The van der Waals surface area contributed by atoms with Crippen LogP contribution in [-0.4, -0.2) is 37.2 Å². The van der Waals surface area contributed by atoms with Crippen LogP contribution in [0.5, 0.6) is 0 Å². The summed E-state index contributed by atoms with van der Waals surface area (Å²) in [6.45, 7) is 8.59. The molecule has 12 heavy (non-hydrogen) atoms. The minimum Gasteiger partial charge on any atom is -0.303 e. The van der Waals surface area contributed by atoms with Crippen molar-refractivity contribution in [3.8, 4) is 0 Å². The quantitative estimate of drug-likeness (QED) is 0.641. The molecular formula is C9H20N2O. The minimum atomic E-state index is 0.577. The van der Waals surface area contributed by atoms with E-state index in [1.54, 1.807) is 0 Å². The highest BCUT2D eigenvalue weighted by Crippen LogP contribution is 2.09. The molecule has 0 amide bonds. The number of hydroxylamine groups is 1. The third-order valence-electron chi connectivity index (χ3n) is 2.43. The second-order valence-electron chi connectivity index (χ2n) is 3.26. The molecule has 0 aromatic heterocycles. The second-order valence-corrected chi connectivity index (χ2v) is 3.26. The van der Waals surface area contributed by atoms with Crippen LogP contribution in [0.15, 0.2) is 0 Å². The van der Waals surface area contributed by atoms with E-state index in [0.29, 0.717) is 6.04 Å². The number of hydrogen-bond acceptors (Lipinski definition) is 3. The summed E-state index contributed by atoms with van der Waals surface area (Å²) in [6, 6.07) is 0.577. The molecular weight excluding hydrogens is 152 g/mol. The van der Waals surface area contributed by atoms with Crippen molar-refractivity contribution in [1.29, 1.82) is 0 Å². The van der Waals surface area contributed by atoms with Gasteiger partial charge in [-0.3, -0.25) is 0 Å². The lowest BCUT2D eigenvalue weighted by atomic mass is 10.1. The molecule has 1 rings (SSSR count). The van der Waals surface area contributed by atoms with Crippen LogP contribution in [0.4, 0.5) is 0 Å². The molecule has 1 aliphatic rings. The second kappa shape index (κ2) is 5.51. The monoisotopic (exact) mass is 172 g/mol. The SMILES string of the molecule is CCONC1CCN(CC)CC1. The van der Waals surface area contributed by atoms with Gasteiger partial charge in [0, 0.05) is 6.04 Å². The Kier molecular flexibility index (Phi) is 4.58. The number of piperidine rings is 1. The highest BCUT2D eigenvalue weighted by Gasteiger charge is 2.17. The van der Waals surface area contributed by atoms with E-state index in [4.69, 9.17) is 4.84 Å². The lowest BCUT2D eigenvalue weighted by molar-refractivity contribution is 0.00704. The van der Waals surface area contributed by atoms with Gasteiger partial charge < -0.3 is 9.74 Å². The predicted octanol–water partition coefficient (Wildman–Crippen LogP) is 1.01. The van der Waals surface area contributed by atoms with Crippen molar-refractivity contribution in [1.82, 2.24) is 10.4 Å². The van der Waals surface area contributed by atoms with E-state index in [9.17, 15) is 0 Å². The largest absolute Gasteiger partial charge is 0.303 e. The van der Waals surface area contributed by atoms with Crippen molar-refractivity contribution in [2.24, 2.45) is 0 Å². The zero-order valence-corrected chi connectivity index (χ0v) is 8.18. The van der Waals surface area contributed by atoms with E-state index >= 15 is 0 Å². The molecule has 0 unspecified atom stereocenters. The highest BCUT2D eigenvalue weighted by molar-refractivity contribution is 4.73. The maximum Gasteiger partial charge on any atom is 0.0654 e. The van der Waals surface area contributed by atoms with Crippen LogP contribution < -0.4 is 5.48 Å². The predicted molar refractivity (Wildman–Crippen MR) is 49.9 cm³/mol. The maximum absolute atomic E-state index is 5.17. The summed E-state index contributed by atoms with van der Waals surface area (Å²) >= 11 is 0. The number of rotatable bonds is 4. The van der Waals surface area contributed by atoms with Gasteiger partial charge in [-0.1, -0.05) is 6.92 Å². The Balaban J connectivity index is 2.09. The summed E-state index contributed by atoms with van der Waals surface area (Å²) in [4.78, 5) is 7.65. The number of nitrogens with one attached hydrogen (secondary N) is 1. The molecule has 0 atom stereocenters. The smallest absolute Gasteiger partial charge is 0.0654 e. The van der Waals surface area contributed by atoms with Crippen LogP contribution in [0.25, 0.3) is 0 Å². The zero-order chi connectivity index (χ0) is 8.81. The lowest BCUT2D eigenvalue weighted by Crippen LogP contribution is -2.42. The topological polar surface area (TPSA) is 24.5 Å². The van der Waals surface area contributed by atoms with Crippen molar-refractivity contribution in [3.63, 3.8) is 0 Å². The van der Waals surface area contributed by atoms with Gasteiger partial charge in [0.1, 0.15) is 0 Å². The first-order valence-corrected chi connectivity index (χ1v) is 4.96. The van der Waals surface area contributed by atoms with Gasteiger partial charge in [-0.25, -0.2) is 0 Å².